The molecule has 0 aromatic heterocycles. The molecule has 1 rings (SSSR count). The standard InChI is InChI=1S/C14H30N2O/c1-4-9-15-10-14(12-17-3)16(5-2)11-13-7-6-8-13/h13-15H,4-12H2,1-3H3. The number of rotatable bonds is 10. The highest BCUT2D eigenvalue weighted by Gasteiger charge is 2.24. The molecule has 0 heterocycles. The molecular weight excluding hydrogens is 212 g/mol. The molecule has 0 spiro atoms. The lowest BCUT2D eigenvalue weighted by Crippen LogP contribution is -2.47. The van der Waals surface area contributed by atoms with Gasteiger partial charge in [0.25, 0.3) is 0 Å². The summed E-state index contributed by atoms with van der Waals surface area (Å²) >= 11 is 0. The Morgan fingerprint density at radius 3 is 2.59 bits per heavy atom. The number of methoxy groups -OCH3 is 1. The van der Waals surface area contributed by atoms with Gasteiger partial charge in [-0.1, -0.05) is 20.3 Å². The molecule has 3 heteroatoms. The van der Waals surface area contributed by atoms with Crippen LogP contribution in [0.15, 0.2) is 0 Å². The molecule has 102 valence electrons. The van der Waals surface area contributed by atoms with E-state index in [4.69, 9.17) is 4.74 Å². The molecule has 0 saturated heterocycles. The molecular formula is C14H30N2O. The second kappa shape index (κ2) is 8.90. The highest BCUT2D eigenvalue weighted by atomic mass is 16.5. The molecule has 0 aromatic carbocycles. The molecule has 1 unspecified atom stereocenters. The van der Waals surface area contributed by atoms with Crippen LogP contribution in [0.1, 0.15) is 39.5 Å². The first-order valence-corrected chi connectivity index (χ1v) is 7.25. The summed E-state index contributed by atoms with van der Waals surface area (Å²) in [6.45, 7) is 9.89. The molecule has 3 nitrogen and oxygen atoms in total. The van der Waals surface area contributed by atoms with E-state index in [0.717, 1.165) is 32.2 Å². The maximum Gasteiger partial charge on any atom is 0.0630 e. The van der Waals surface area contributed by atoms with Crippen molar-refractivity contribution in [1.82, 2.24) is 10.2 Å². The SMILES string of the molecule is CCCNCC(COC)N(CC)CC1CCC1. The van der Waals surface area contributed by atoms with Crippen molar-refractivity contribution >= 4 is 0 Å². The fourth-order valence-corrected chi connectivity index (χ4v) is 2.47. The summed E-state index contributed by atoms with van der Waals surface area (Å²) in [5.41, 5.74) is 0. The lowest BCUT2D eigenvalue weighted by Gasteiger charge is -2.36. The summed E-state index contributed by atoms with van der Waals surface area (Å²) < 4.78 is 5.37. The van der Waals surface area contributed by atoms with Gasteiger partial charge in [-0.2, -0.15) is 0 Å². The molecule has 0 aliphatic heterocycles. The molecule has 1 atom stereocenters. The van der Waals surface area contributed by atoms with Crippen LogP contribution in [0.2, 0.25) is 0 Å². The maximum absolute atomic E-state index is 5.37. The Bertz CT molecular complexity index is 183. The van der Waals surface area contributed by atoms with E-state index < -0.39 is 0 Å². The minimum Gasteiger partial charge on any atom is -0.383 e. The quantitative estimate of drug-likeness (QED) is 0.594. The fourth-order valence-electron chi connectivity index (χ4n) is 2.47. The third-order valence-electron chi connectivity index (χ3n) is 3.81. The van der Waals surface area contributed by atoms with Crippen LogP contribution in [0.5, 0.6) is 0 Å². The van der Waals surface area contributed by atoms with Gasteiger partial charge in [-0.15, -0.1) is 0 Å². The largest absolute Gasteiger partial charge is 0.383 e. The van der Waals surface area contributed by atoms with E-state index in [2.05, 4.69) is 24.1 Å². The van der Waals surface area contributed by atoms with Crippen molar-refractivity contribution in [2.24, 2.45) is 5.92 Å². The van der Waals surface area contributed by atoms with Gasteiger partial charge in [-0.3, -0.25) is 4.90 Å². The van der Waals surface area contributed by atoms with Crippen molar-refractivity contribution in [3.63, 3.8) is 0 Å². The second-order valence-corrected chi connectivity index (χ2v) is 5.20. The van der Waals surface area contributed by atoms with E-state index in [1.54, 1.807) is 0 Å². The van der Waals surface area contributed by atoms with Gasteiger partial charge in [0.2, 0.25) is 0 Å². The molecule has 1 fully saturated rings. The van der Waals surface area contributed by atoms with Gasteiger partial charge in [0.15, 0.2) is 0 Å². The Balaban J connectivity index is 2.33. The van der Waals surface area contributed by atoms with Crippen LogP contribution in [0, 0.1) is 5.92 Å². The predicted octanol–water partition coefficient (Wildman–Crippen LogP) is 2.12. The Kier molecular flexibility index (Phi) is 7.82. The first-order valence-electron chi connectivity index (χ1n) is 7.25. The maximum atomic E-state index is 5.37. The van der Waals surface area contributed by atoms with Crippen LogP contribution in [-0.4, -0.2) is 50.8 Å². The molecule has 1 aliphatic rings. The molecule has 1 N–H and O–H groups in total. The zero-order valence-electron chi connectivity index (χ0n) is 11.9. The zero-order chi connectivity index (χ0) is 12.5. The minimum atomic E-state index is 0.539. The normalized spacial score (nSPS) is 18.4. The Labute approximate surface area is 107 Å². The lowest BCUT2D eigenvalue weighted by molar-refractivity contribution is 0.0702. The van der Waals surface area contributed by atoms with Crippen LogP contribution in [0.25, 0.3) is 0 Å². The highest BCUT2D eigenvalue weighted by molar-refractivity contribution is 4.79. The molecule has 1 aliphatic carbocycles. The molecule has 0 amide bonds. The van der Waals surface area contributed by atoms with Crippen LogP contribution >= 0.6 is 0 Å². The summed E-state index contributed by atoms with van der Waals surface area (Å²) in [5, 5.41) is 3.52. The zero-order valence-corrected chi connectivity index (χ0v) is 11.9. The Morgan fingerprint density at radius 1 is 1.35 bits per heavy atom. The first-order chi connectivity index (χ1) is 8.31. The number of ether oxygens (including phenoxy) is 1. The third-order valence-corrected chi connectivity index (χ3v) is 3.81. The number of nitrogens with one attached hydrogen (secondary N) is 1. The Morgan fingerprint density at radius 2 is 2.12 bits per heavy atom. The van der Waals surface area contributed by atoms with E-state index in [1.165, 1.54) is 32.2 Å². The van der Waals surface area contributed by atoms with Crippen molar-refractivity contribution < 1.29 is 4.74 Å². The topological polar surface area (TPSA) is 24.5 Å². The average Bonchev–Trinajstić information content (AvgIpc) is 2.28. The number of hydrogen-bond acceptors (Lipinski definition) is 3. The fraction of sp³-hybridized carbons (Fsp3) is 1.00. The van der Waals surface area contributed by atoms with Crippen molar-refractivity contribution in [3.8, 4) is 0 Å². The van der Waals surface area contributed by atoms with E-state index in [-0.39, 0.29) is 0 Å². The summed E-state index contributed by atoms with van der Waals surface area (Å²) in [6, 6.07) is 0.539. The summed E-state index contributed by atoms with van der Waals surface area (Å²) in [6.07, 6.45) is 5.50. The van der Waals surface area contributed by atoms with Crippen molar-refractivity contribution in [2.75, 3.05) is 39.9 Å². The van der Waals surface area contributed by atoms with E-state index in [0.29, 0.717) is 6.04 Å². The van der Waals surface area contributed by atoms with Gasteiger partial charge in [0.1, 0.15) is 0 Å². The summed E-state index contributed by atoms with van der Waals surface area (Å²) in [5.74, 6) is 0.945. The van der Waals surface area contributed by atoms with E-state index >= 15 is 0 Å². The highest BCUT2D eigenvalue weighted by Crippen LogP contribution is 2.27. The van der Waals surface area contributed by atoms with E-state index in [1.807, 2.05) is 7.11 Å². The predicted molar refractivity (Wildman–Crippen MR) is 73.4 cm³/mol. The summed E-state index contributed by atoms with van der Waals surface area (Å²) in [7, 11) is 1.81. The number of nitrogens with zero attached hydrogens (tertiary/aromatic N) is 1. The molecule has 1 saturated carbocycles. The molecule has 0 radical (unpaired) electrons. The van der Waals surface area contributed by atoms with E-state index in [9.17, 15) is 0 Å². The number of likely N-dealkylation sites (N-methyl/N-ethyl adjacent to an activating group) is 1. The number of hydrogen-bond donors (Lipinski definition) is 1. The monoisotopic (exact) mass is 242 g/mol. The van der Waals surface area contributed by atoms with Gasteiger partial charge in [0.05, 0.1) is 6.61 Å². The summed E-state index contributed by atoms with van der Waals surface area (Å²) in [4.78, 5) is 2.59. The Hall–Kier alpha value is -0.120. The molecule has 17 heavy (non-hydrogen) atoms. The van der Waals surface area contributed by atoms with Crippen LogP contribution in [0.3, 0.4) is 0 Å². The van der Waals surface area contributed by atoms with Crippen molar-refractivity contribution in [2.45, 2.75) is 45.6 Å². The van der Waals surface area contributed by atoms with Crippen molar-refractivity contribution in [1.29, 1.82) is 0 Å². The van der Waals surface area contributed by atoms with Crippen LogP contribution in [0.4, 0.5) is 0 Å². The third kappa shape index (κ3) is 5.36. The second-order valence-electron chi connectivity index (χ2n) is 5.20. The first kappa shape index (κ1) is 14.9. The minimum absolute atomic E-state index is 0.539. The van der Waals surface area contributed by atoms with Gasteiger partial charge in [0, 0.05) is 26.2 Å². The van der Waals surface area contributed by atoms with Gasteiger partial charge >= 0.3 is 0 Å². The van der Waals surface area contributed by atoms with Gasteiger partial charge in [-0.25, -0.2) is 0 Å². The smallest absolute Gasteiger partial charge is 0.0630 e. The van der Waals surface area contributed by atoms with Crippen molar-refractivity contribution in [3.05, 3.63) is 0 Å². The lowest BCUT2D eigenvalue weighted by atomic mass is 9.85. The average molecular weight is 242 g/mol. The van der Waals surface area contributed by atoms with Gasteiger partial charge in [-0.05, 0) is 38.3 Å². The molecule has 0 bridgehead atoms. The van der Waals surface area contributed by atoms with Gasteiger partial charge < -0.3 is 10.1 Å². The van der Waals surface area contributed by atoms with Crippen LogP contribution in [-0.2, 0) is 4.74 Å². The van der Waals surface area contributed by atoms with Crippen LogP contribution < -0.4 is 5.32 Å². The molecule has 0 aromatic rings.